The van der Waals surface area contributed by atoms with Crippen molar-refractivity contribution in [3.8, 4) is 11.1 Å². The fourth-order valence-corrected chi connectivity index (χ4v) is 2.44. The monoisotopic (exact) mass is 333 g/mol. The summed E-state index contributed by atoms with van der Waals surface area (Å²) in [6.07, 6.45) is -0.523. The van der Waals surface area contributed by atoms with Crippen LogP contribution in [0.5, 0.6) is 0 Å². The number of amides is 1. The highest BCUT2D eigenvalue weighted by molar-refractivity contribution is 5.92. The van der Waals surface area contributed by atoms with Gasteiger partial charge in [0.05, 0.1) is 5.69 Å². The van der Waals surface area contributed by atoms with E-state index >= 15 is 0 Å². The van der Waals surface area contributed by atoms with Crippen LogP contribution in [-0.2, 0) is 11.3 Å². The van der Waals surface area contributed by atoms with Crippen molar-refractivity contribution in [3.63, 3.8) is 0 Å². The molecule has 0 heterocycles. The van der Waals surface area contributed by atoms with Gasteiger partial charge in [0.15, 0.2) is 0 Å². The Labute approximate surface area is 146 Å². The molecule has 5 nitrogen and oxygen atoms in total. The molecule has 0 bridgehead atoms. The van der Waals surface area contributed by atoms with Gasteiger partial charge in [-0.3, -0.25) is 5.32 Å². The minimum atomic E-state index is -0.523. The molecule has 0 aliphatic heterocycles. The van der Waals surface area contributed by atoms with Gasteiger partial charge in [0.2, 0.25) is 0 Å². The molecule has 3 rings (SSSR count). The van der Waals surface area contributed by atoms with Crippen molar-refractivity contribution >= 4 is 23.2 Å². The SMILES string of the molecule is Nc1ccc(-c2cc(N)ccc2NC(=O)OCc2ccccc2)cc1. The number of nitrogen functional groups attached to an aromatic ring is 2. The Morgan fingerprint density at radius 3 is 2.28 bits per heavy atom. The van der Waals surface area contributed by atoms with Gasteiger partial charge in [-0.05, 0) is 41.5 Å². The molecule has 1 amide bonds. The Kier molecular flexibility index (Phi) is 4.85. The van der Waals surface area contributed by atoms with E-state index in [1.807, 2.05) is 42.5 Å². The number of hydrogen-bond acceptors (Lipinski definition) is 4. The van der Waals surface area contributed by atoms with Crippen molar-refractivity contribution in [1.82, 2.24) is 0 Å². The van der Waals surface area contributed by atoms with Crippen LogP contribution < -0.4 is 16.8 Å². The van der Waals surface area contributed by atoms with E-state index in [9.17, 15) is 4.79 Å². The standard InChI is InChI=1S/C20H19N3O2/c21-16-8-6-15(7-9-16)18-12-17(22)10-11-19(18)23-20(24)25-13-14-4-2-1-3-5-14/h1-12H,13,21-22H2,(H,23,24). The van der Waals surface area contributed by atoms with Crippen LogP contribution >= 0.6 is 0 Å². The minimum Gasteiger partial charge on any atom is -0.444 e. The van der Waals surface area contributed by atoms with Crippen molar-refractivity contribution in [2.75, 3.05) is 16.8 Å². The highest BCUT2D eigenvalue weighted by atomic mass is 16.5. The number of nitrogens with one attached hydrogen (secondary N) is 1. The number of nitrogens with two attached hydrogens (primary N) is 2. The summed E-state index contributed by atoms with van der Waals surface area (Å²) in [6, 6.07) is 22.2. The summed E-state index contributed by atoms with van der Waals surface area (Å²) in [5, 5.41) is 2.77. The van der Waals surface area contributed by atoms with E-state index in [4.69, 9.17) is 16.2 Å². The van der Waals surface area contributed by atoms with Gasteiger partial charge < -0.3 is 16.2 Å². The van der Waals surface area contributed by atoms with E-state index in [1.54, 1.807) is 30.3 Å². The highest BCUT2D eigenvalue weighted by Crippen LogP contribution is 2.30. The molecule has 0 saturated heterocycles. The second-order valence-electron chi connectivity index (χ2n) is 5.61. The maximum atomic E-state index is 12.1. The first-order chi connectivity index (χ1) is 12.1. The maximum Gasteiger partial charge on any atom is 0.411 e. The van der Waals surface area contributed by atoms with E-state index < -0.39 is 6.09 Å². The molecule has 0 aliphatic carbocycles. The molecular formula is C20H19N3O2. The molecule has 126 valence electrons. The third-order valence-corrected chi connectivity index (χ3v) is 3.71. The molecule has 5 heteroatoms. The molecule has 0 fully saturated rings. The molecule has 3 aromatic rings. The molecule has 25 heavy (non-hydrogen) atoms. The smallest absolute Gasteiger partial charge is 0.411 e. The van der Waals surface area contributed by atoms with E-state index in [0.29, 0.717) is 17.1 Å². The topological polar surface area (TPSA) is 90.4 Å². The zero-order valence-electron chi connectivity index (χ0n) is 13.6. The first kappa shape index (κ1) is 16.4. The summed E-state index contributed by atoms with van der Waals surface area (Å²) in [4.78, 5) is 12.1. The fraction of sp³-hybridized carbons (Fsp3) is 0.0500. The number of ether oxygens (including phenoxy) is 1. The van der Waals surface area contributed by atoms with Gasteiger partial charge in [-0.15, -0.1) is 0 Å². The Balaban J connectivity index is 1.75. The van der Waals surface area contributed by atoms with Crippen LogP contribution in [0.3, 0.4) is 0 Å². The number of benzene rings is 3. The lowest BCUT2D eigenvalue weighted by Gasteiger charge is -2.13. The van der Waals surface area contributed by atoms with Crippen molar-refractivity contribution in [2.24, 2.45) is 0 Å². The normalized spacial score (nSPS) is 10.2. The van der Waals surface area contributed by atoms with Gasteiger partial charge in [0.25, 0.3) is 0 Å². The number of carbonyl (C=O) groups is 1. The van der Waals surface area contributed by atoms with Crippen LogP contribution in [-0.4, -0.2) is 6.09 Å². The molecule has 0 unspecified atom stereocenters. The quantitative estimate of drug-likeness (QED) is 0.622. The van der Waals surface area contributed by atoms with E-state index in [1.165, 1.54) is 0 Å². The third-order valence-electron chi connectivity index (χ3n) is 3.71. The molecule has 0 radical (unpaired) electrons. The van der Waals surface area contributed by atoms with Crippen LogP contribution in [0.1, 0.15) is 5.56 Å². The van der Waals surface area contributed by atoms with Crippen molar-refractivity contribution in [3.05, 3.63) is 78.4 Å². The summed E-state index contributed by atoms with van der Waals surface area (Å²) in [5.41, 5.74) is 16.2. The highest BCUT2D eigenvalue weighted by Gasteiger charge is 2.10. The molecule has 0 spiro atoms. The van der Waals surface area contributed by atoms with Gasteiger partial charge >= 0.3 is 6.09 Å². The molecule has 0 saturated carbocycles. The zero-order chi connectivity index (χ0) is 17.6. The van der Waals surface area contributed by atoms with Crippen molar-refractivity contribution < 1.29 is 9.53 Å². The largest absolute Gasteiger partial charge is 0.444 e. The summed E-state index contributed by atoms with van der Waals surface area (Å²) < 4.78 is 5.27. The molecule has 3 aromatic carbocycles. The van der Waals surface area contributed by atoms with Crippen molar-refractivity contribution in [1.29, 1.82) is 0 Å². The molecule has 0 atom stereocenters. The average Bonchev–Trinajstić information content (AvgIpc) is 2.63. The first-order valence-corrected chi connectivity index (χ1v) is 7.85. The molecule has 0 aliphatic rings. The van der Waals surface area contributed by atoms with Crippen LogP contribution in [0.2, 0.25) is 0 Å². The predicted octanol–water partition coefficient (Wildman–Crippen LogP) is 4.27. The lowest BCUT2D eigenvalue weighted by Crippen LogP contribution is -2.14. The van der Waals surface area contributed by atoms with Gasteiger partial charge in [0, 0.05) is 16.9 Å². The fourth-order valence-electron chi connectivity index (χ4n) is 2.44. The first-order valence-electron chi connectivity index (χ1n) is 7.85. The van der Waals surface area contributed by atoms with Crippen LogP contribution in [0, 0.1) is 0 Å². The number of hydrogen-bond donors (Lipinski definition) is 3. The Morgan fingerprint density at radius 2 is 1.56 bits per heavy atom. The lowest BCUT2D eigenvalue weighted by molar-refractivity contribution is 0.155. The number of anilines is 3. The summed E-state index contributed by atoms with van der Waals surface area (Å²) in [6.45, 7) is 0.207. The second kappa shape index (κ2) is 7.40. The van der Waals surface area contributed by atoms with E-state index in [-0.39, 0.29) is 6.61 Å². The second-order valence-corrected chi connectivity index (χ2v) is 5.61. The van der Waals surface area contributed by atoms with Gasteiger partial charge in [-0.25, -0.2) is 4.79 Å². The van der Waals surface area contributed by atoms with E-state index in [0.717, 1.165) is 16.7 Å². The number of carbonyl (C=O) groups excluding carboxylic acids is 1. The predicted molar refractivity (Wildman–Crippen MR) is 101 cm³/mol. The molecular weight excluding hydrogens is 314 g/mol. The third kappa shape index (κ3) is 4.29. The average molecular weight is 333 g/mol. The Hall–Kier alpha value is -3.47. The summed E-state index contributed by atoms with van der Waals surface area (Å²) in [5.74, 6) is 0. The molecule has 0 aromatic heterocycles. The Bertz CT molecular complexity index is 862. The maximum absolute atomic E-state index is 12.1. The summed E-state index contributed by atoms with van der Waals surface area (Å²) >= 11 is 0. The van der Waals surface area contributed by atoms with Crippen molar-refractivity contribution in [2.45, 2.75) is 6.61 Å². The van der Waals surface area contributed by atoms with Crippen LogP contribution in [0.15, 0.2) is 72.8 Å². The van der Waals surface area contributed by atoms with Crippen LogP contribution in [0.4, 0.5) is 21.9 Å². The Morgan fingerprint density at radius 1 is 0.880 bits per heavy atom. The minimum absolute atomic E-state index is 0.207. The summed E-state index contributed by atoms with van der Waals surface area (Å²) in [7, 11) is 0. The lowest BCUT2D eigenvalue weighted by atomic mass is 10.0. The van der Waals surface area contributed by atoms with Gasteiger partial charge in [-0.1, -0.05) is 42.5 Å². The van der Waals surface area contributed by atoms with Crippen LogP contribution in [0.25, 0.3) is 11.1 Å². The van der Waals surface area contributed by atoms with Gasteiger partial charge in [-0.2, -0.15) is 0 Å². The zero-order valence-corrected chi connectivity index (χ0v) is 13.6. The van der Waals surface area contributed by atoms with E-state index in [2.05, 4.69) is 5.32 Å². The van der Waals surface area contributed by atoms with Gasteiger partial charge in [0.1, 0.15) is 6.61 Å². The molecule has 5 N–H and O–H groups in total. The number of rotatable bonds is 4.